The highest BCUT2D eigenvalue weighted by molar-refractivity contribution is 5.94. The molecule has 0 saturated carbocycles. The third kappa shape index (κ3) is 7.90. The second-order valence-electron chi connectivity index (χ2n) is 10.2. The number of aliphatic hydroxyl groups excluding tert-OH is 1. The van der Waals surface area contributed by atoms with Gasteiger partial charge in [-0.2, -0.15) is 0 Å². The highest BCUT2D eigenvalue weighted by atomic mass is 16.4. The minimum absolute atomic E-state index is 0.0183. The first-order chi connectivity index (χ1) is 19.0. The van der Waals surface area contributed by atoms with Crippen LogP contribution in [0.15, 0.2) is 60.8 Å². The van der Waals surface area contributed by atoms with Gasteiger partial charge in [-0.1, -0.05) is 62.4 Å². The van der Waals surface area contributed by atoms with E-state index in [4.69, 9.17) is 5.73 Å². The Morgan fingerprint density at radius 1 is 0.825 bits per heavy atom. The molecule has 11 heteroatoms. The summed E-state index contributed by atoms with van der Waals surface area (Å²) in [6.45, 7) is 4.73. The molecular formula is C29H37N5O6. The highest BCUT2D eigenvalue weighted by Crippen LogP contribution is 2.19. The number of para-hydroxylation sites is 1. The molecule has 40 heavy (non-hydrogen) atoms. The number of carboxylic acid groups (broad SMARTS) is 1. The topological polar surface area (TPSA) is 187 Å². The third-order valence-corrected chi connectivity index (χ3v) is 6.66. The molecule has 214 valence electrons. The maximum atomic E-state index is 13.2. The fourth-order valence-electron chi connectivity index (χ4n) is 4.39. The molecule has 3 rings (SSSR count). The Labute approximate surface area is 232 Å². The molecule has 0 bridgehead atoms. The fourth-order valence-corrected chi connectivity index (χ4v) is 4.39. The van der Waals surface area contributed by atoms with E-state index < -0.39 is 54.0 Å². The van der Waals surface area contributed by atoms with Gasteiger partial charge in [0.05, 0.1) is 12.1 Å². The monoisotopic (exact) mass is 551 g/mol. The zero-order chi connectivity index (χ0) is 29.4. The Morgan fingerprint density at radius 3 is 2.05 bits per heavy atom. The lowest BCUT2D eigenvalue weighted by Crippen LogP contribution is -2.61. The summed E-state index contributed by atoms with van der Waals surface area (Å²) < 4.78 is 0. The number of aromatic amines is 1. The average molecular weight is 552 g/mol. The van der Waals surface area contributed by atoms with Gasteiger partial charge in [0.15, 0.2) is 0 Å². The number of carbonyl (C=O) groups is 4. The zero-order valence-corrected chi connectivity index (χ0v) is 22.8. The molecule has 5 atom stereocenters. The molecule has 0 aliphatic heterocycles. The van der Waals surface area contributed by atoms with Gasteiger partial charge in [-0.15, -0.1) is 0 Å². The van der Waals surface area contributed by atoms with Crippen molar-refractivity contribution in [2.45, 2.75) is 63.9 Å². The van der Waals surface area contributed by atoms with Crippen LogP contribution in [0.3, 0.4) is 0 Å². The fraction of sp³-hybridized carbons (Fsp3) is 0.379. The maximum absolute atomic E-state index is 13.2. The molecule has 5 unspecified atom stereocenters. The lowest BCUT2D eigenvalue weighted by Gasteiger charge is -2.28. The summed E-state index contributed by atoms with van der Waals surface area (Å²) in [5, 5.41) is 28.4. The number of amides is 3. The Morgan fingerprint density at radius 2 is 1.43 bits per heavy atom. The highest BCUT2D eigenvalue weighted by Gasteiger charge is 2.34. The van der Waals surface area contributed by atoms with Crippen molar-refractivity contribution in [1.82, 2.24) is 20.9 Å². The minimum Gasteiger partial charge on any atom is -0.480 e. The van der Waals surface area contributed by atoms with Gasteiger partial charge in [0.2, 0.25) is 17.7 Å². The number of aliphatic hydroxyl groups is 1. The van der Waals surface area contributed by atoms with Crippen molar-refractivity contribution < 1.29 is 29.4 Å². The van der Waals surface area contributed by atoms with E-state index in [2.05, 4.69) is 20.9 Å². The van der Waals surface area contributed by atoms with Crippen LogP contribution < -0.4 is 21.7 Å². The van der Waals surface area contributed by atoms with Crippen molar-refractivity contribution in [1.29, 1.82) is 0 Å². The van der Waals surface area contributed by atoms with Crippen LogP contribution in [-0.2, 0) is 32.0 Å². The molecule has 3 amide bonds. The molecule has 0 fully saturated rings. The number of carbonyl (C=O) groups excluding carboxylic acids is 3. The maximum Gasteiger partial charge on any atom is 0.326 e. The summed E-state index contributed by atoms with van der Waals surface area (Å²) in [6.07, 6.45) is 0.578. The first-order valence-electron chi connectivity index (χ1n) is 13.1. The number of H-pyrrole nitrogens is 1. The third-order valence-electron chi connectivity index (χ3n) is 6.66. The number of nitrogens with two attached hydrogens (primary N) is 1. The summed E-state index contributed by atoms with van der Waals surface area (Å²) in [7, 11) is 0. The van der Waals surface area contributed by atoms with Crippen molar-refractivity contribution in [2.75, 3.05) is 0 Å². The molecular weight excluding hydrogens is 514 g/mol. The van der Waals surface area contributed by atoms with Gasteiger partial charge >= 0.3 is 5.97 Å². The minimum atomic E-state index is -1.46. The molecule has 0 radical (unpaired) electrons. The van der Waals surface area contributed by atoms with E-state index in [9.17, 15) is 29.4 Å². The van der Waals surface area contributed by atoms with Crippen LogP contribution in [0.1, 0.15) is 31.9 Å². The lowest BCUT2D eigenvalue weighted by atomic mass is 10.00. The van der Waals surface area contributed by atoms with E-state index in [1.165, 1.54) is 6.92 Å². The standard InChI is InChI=1S/C29H37N5O6/c1-16(2)24(33-26(36)21(30)13-18-9-5-4-6-10-18)27(37)34-25(17(3)35)28(38)32-23(29(39)40)14-19-15-31-22-12-8-7-11-20(19)22/h4-12,15-17,21,23-25,31,35H,13-14,30H2,1-3H3,(H,32,38)(H,33,36)(H,34,37)(H,39,40). The van der Waals surface area contributed by atoms with Crippen LogP contribution in [-0.4, -0.2) is 69.2 Å². The van der Waals surface area contributed by atoms with E-state index in [1.807, 2.05) is 54.6 Å². The van der Waals surface area contributed by atoms with E-state index in [1.54, 1.807) is 20.0 Å². The molecule has 0 aliphatic carbocycles. The van der Waals surface area contributed by atoms with Crippen LogP contribution in [0.5, 0.6) is 0 Å². The number of aliphatic carboxylic acids is 1. The molecule has 0 spiro atoms. The van der Waals surface area contributed by atoms with Gasteiger partial charge in [0, 0.05) is 23.5 Å². The number of carboxylic acids is 1. The van der Waals surface area contributed by atoms with Crippen LogP contribution in [0, 0.1) is 5.92 Å². The summed E-state index contributed by atoms with van der Waals surface area (Å²) in [6, 6.07) is 11.8. The van der Waals surface area contributed by atoms with Crippen LogP contribution in [0.2, 0.25) is 0 Å². The second kappa shape index (κ2) is 13.7. The Kier molecular flexibility index (Phi) is 10.4. The normalized spacial score (nSPS) is 15.1. The molecule has 8 N–H and O–H groups in total. The van der Waals surface area contributed by atoms with Gasteiger partial charge in [-0.3, -0.25) is 14.4 Å². The largest absolute Gasteiger partial charge is 0.480 e. The summed E-state index contributed by atoms with van der Waals surface area (Å²) in [5.41, 5.74) is 8.44. The second-order valence-corrected chi connectivity index (χ2v) is 10.2. The molecule has 2 aromatic carbocycles. The van der Waals surface area contributed by atoms with Gasteiger partial charge in [-0.05, 0) is 36.5 Å². The predicted molar refractivity (Wildman–Crippen MR) is 150 cm³/mol. The first-order valence-corrected chi connectivity index (χ1v) is 13.1. The molecule has 11 nitrogen and oxygen atoms in total. The number of benzene rings is 2. The Bertz CT molecular complexity index is 1320. The van der Waals surface area contributed by atoms with E-state index >= 15 is 0 Å². The molecule has 0 saturated heterocycles. The molecule has 0 aliphatic rings. The van der Waals surface area contributed by atoms with E-state index in [0.717, 1.165) is 16.5 Å². The van der Waals surface area contributed by atoms with Gasteiger partial charge in [0.1, 0.15) is 18.1 Å². The van der Waals surface area contributed by atoms with Crippen molar-refractivity contribution in [3.8, 4) is 0 Å². The molecule has 1 aromatic heterocycles. The number of rotatable bonds is 13. The van der Waals surface area contributed by atoms with Crippen LogP contribution >= 0.6 is 0 Å². The van der Waals surface area contributed by atoms with E-state index in [0.29, 0.717) is 5.56 Å². The molecule has 3 aromatic rings. The summed E-state index contributed by atoms with van der Waals surface area (Å²) in [4.78, 5) is 54.1. The number of aromatic nitrogens is 1. The van der Waals surface area contributed by atoms with Crippen molar-refractivity contribution in [3.05, 3.63) is 71.9 Å². The van der Waals surface area contributed by atoms with Gasteiger partial charge in [-0.25, -0.2) is 4.79 Å². The molecule has 1 heterocycles. The number of hydrogen-bond donors (Lipinski definition) is 7. The zero-order valence-electron chi connectivity index (χ0n) is 22.8. The van der Waals surface area contributed by atoms with Crippen LogP contribution in [0.4, 0.5) is 0 Å². The van der Waals surface area contributed by atoms with Crippen molar-refractivity contribution >= 4 is 34.6 Å². The van der Waals surface area contributed by atoms with Gasteiger partial charge < -0.3 is 36.9 Å². The Balaban J connectivity index is 1.67. The summed E-state index contributed by atoms with van der Waals surface area (Å²) >= 11 is 0. The average Bonchev–Trinajstić information content (AvgIpc) is 3.32. The predicted octanol–water partition coefficient (Wildman–Crippen LogP) is 0.856. The Hall–Kier alpha value is -4.22. The quantitative estimate of drug-likeness (QED) is 0.164. The van der Waals surface area contributed by atoms with Crippen molar-refractivity contribution in [3.63, 3.8) is 0 Å². The lowest BCUT2D eigenvalue weighted by molar-refractivity contribution is -0.143. The smallest absolute Gasteiger partial charge is 0.326 e. The van der Waals surface area contributed by atoms with Crippen molar-refractivity contribution in [2.24, 2.45) is 11.7 Å². The SMILES string of the molecule is CC(C)C(NC(=O)C(N)Cc1ccccc1)C(=O)NC(C(=O)NC(Cc1c[nH]c2ccccc12)C(=O)O)C(C)O. The van der Waals surface area contributed by atoms with Gasteiger partial charge in [0.25, 0.3) is 0 Å². The number of hydrogen-bond acceptors (Lipinski definition) is 6. The van der Waals surface area contributed by atoms with E-state index in [-0.39, 0.29) is 18.8 Å². The van der Waals surface area contributed by atoms with Crippen LogP contribution in [0.25, 0.3) is 10.9 Å². The first kappa shape index (κ1) is 30.3. The number of nitrogens with one attached hydrogen (secondary N) is 4. The number of fused-ring (bicyclic) bond motifs is 1. The summed E-state index contributed by atoms with van der Waals surface area (Å²) in [5.74, 6) is -3.77.